The average Bonchev–Trinajstić information content (AvgIpc) is 2.85. The molecule has 0 radical (unpaired) electrons. The molecule has 1 aromatic rings. The van der Waals surface area contributed by atoms with E-state index in [1.54, 1.807) is 0 Å². The molecule has 2 N–H and O–H groups in total. The van der Waals surface area contributed by atoms with Crippen LogP contribution in [0.1, 0.15) is 43.5 Å². The van der Waals surface area contributed by atoms with Crippen LogP contribution in [0.2, 0.25) is 0 Å². The largest absolute Gasteiger partial charge is 0.445 e. The summed E-state index contributed by atoms with van der Waals surface area (Å²) in [7, 11) is 0. The monoisotopic (exact) mass is 309 g/mol. The maximum atomic E-state index is 12.3. The number of nitrogens with zero attached hydrogens (tertiary/aromatic N) is 2. The maximum absolute atomic E-state index is 12.3. The third-order valence-corrected chi connectivity index (χ3v) is 4.49. The van der Waals surface area contributed by atoms with Gasteiger partial charge in [0.2, 0.25) is 10.1 Å². The lowest BCUT2D eigenvalue weighted by Gasteiger charge is -2.27. The van der Waals surface area contributed by atoms with E-state index in [2.05, 4.69) is 15.5 Å². The van der Waals surface area contributed by atoms with Crippen molar-refractivity contribution in [3.8, 4) is 0 Å². The van der Waals surface area contributed by atoms with E-state index in [4.69, 9.17) is 0 Å². The van der Waals surface area contributed by atoms with Crippen molar-refractivity contribution in [2.75, 3.05) is 11.9 Å². The molecule has 4 nitrogen and oxygen atoms in total. The Morgan fingerprint density at radius 2 is 2.00 bits per heavy atom. The molecule has 114 valence electrons. The lowest BCUT2D eigenvalue weighted by atomic mass is 9.83. The highest BCUT2D eigenvalue weighted by atomic mass is 32.1. The van der Waals surface area contributed by atoms with E-state index >= 15 is 0 Å². The predicted molar refractivity (Wildman–Crippen MR) is 70.6 cm³/mol. The molecule has 1 saturated carbocycles. The number of anilines is 1. The summed E-state index contributed by atoms with van der Waals surface area (Å²) in [4.78, 5) is 0. The number of nitrogens with one attached hydrogen (secondary N) is 1. The standard InChI is InChI=1S/C12H18F3N3OS/c13-12(14,15)10-17-18-11(20-10)16-7-3-5-8-4-1-2-6-9(8)19/h8-9,19H,1-7H2,(H,16,18). The number of aliphatic hydroxyl groups excluding tert-OH is 1. The topological polar surface area (TPSA) is 58.0 Å². The Balaban J connectivity index is 1.69. The number of aromatic nitrogens is 2. The van der Waals surface area contributed by atoms with E-state index in [-0.39, 0.29) is 11.2 Å². The highest BCUT2D eigenvalue weighted by Gasteiger charge is 2.35. The van der Waals surface area contributed by atoms with Crippen molar-refractivity contribution in [1.29, 1.82) is 0 Å². The minimum absolute atomic E-state index is 0.196. The fourth-order valence-corrected chi connectivity index (χ4v) is 3.13. The third kappa shape index (κ3) is 4.31. The Hall–Kier alpha value is -0.890. The van der Waals surface area contributed by atoms with Crippen molar-refractivity contribution in [2.45, 2.75) is 50.8 Å². The van der Waals surface area contributed by atoms with Crippen molar-refractivity contribution < 1.29 is 18.3 Å². The highest BCUT2D eigenvalue weighted by molar-refractivity contribution is 7.15. The van der Waals surface area contributed by atoms with Crippen LogP contribution in [0.4, 0.5) is 18.3 Å². The minimum Gasteiger partial charge on any atom is -0.393 e. The summed E-state index contributed by atoms with van der Waals surface area (Å²) in [6.07, 6.45) is 1.19. The fourth-order valence-electron chi connectivity index (χ4n) is 2.49. The maximum Gasteiger partial charge on any atom is 0.445 e. The first-order valence-electron chi connectivity index (χ1n) is 6.79. The number of rotatable bonds is 5. The third-order valence-electron chi connectivity index (χ3n) is 3.56. The van der Waals surface area contributed by atoms with Crippen LogP contribution in [-0.2, 0) is 6.18 Å². The molecule has 8 heteroatoms. The quantitative estimate of drug-likeness (QED) is 0.819. The zero-order valence-electron chi connectivity index (χ0n) is 11.0. The first-order chi connectivity index (χ1) is 9.47. The number of hydrogen-bond acceptors (Lipinski definition) is 5. The van der Waals surface area contributed by atoms with Gasteiger partial charge in [0.05, 0.1) is 6.10 Å². The second-order valence-corrected chi connectivity index (χ2v) is 6.07. The molecule has 0 bridgehead atoms. The molecule has 1 heterocycles. The Morgan fingerprint density at radius 1 is 1.25 bits per heavy atom. The van der Waals surface area contributed by atoms with Gasteiger partial charge in [-0.2, -0.15) is 13.2 Å². The van der Waals surface area contributed by atoms with E-state index in [1.165, 1.54) is 0 Å². The summed E-state index contributed by atoms with van der Waals surface area (Å²) >= 11 is 0.519. The first kappa shape index (κ1) is 15.5. The predicted octanol–water partition coefficient (Wildman–Crippen LogP) is 3.30. The summed E-state index contributed by atoms with van der Waals surface area (Å²) in [5.74, 6) is 0.325. The summed E-state index contributed by atoms with van der Waals surface area (Å²) in [6.45, 7) is 0.551. The lowest BCUT2D eigenvalue weighted by molar-refractivity contribution is -0.138. The molecule has 1 aliphatic rings. The van der Waals surface area contributed by atoms with Gasteiger partial charge >= 0.3 is 6.18 Å². The van der Waals surface area contributed by atoms with Crippen LogP contribution in [0.15, 0.2) is 0 Å². The van der Waals surface area contributed by atoms with Gasteiger partial charge in [0.25, 0.3) is 0 Å². The van der Waals surface area contributed by atoms with Crippen LogP contribution in [0.25, 0.3) is 0 Å². The van der Waals surface area contributed by atoms with Crippen molar-refractivity contribution >= 4 is 16.5 Å². The lowest BCUT2D eigenvalue weighted by Crippen LogP contribution is -2.24. The van der Waals surface area contributed by atoms with E-state index in [0.29, 0.717) is 23.8 Å². The highest BCUT2D eigenvalue weighted by Crippen LogP contribution is 2.33. The Morgan fingerprint density at radius 3 is 2.65 bits per heavy atom. The first-order valence-corrected chi connectivity index (χ1v) is 7.61. The number of alkyl halides is 3. The molecule has 0 amide bonds. The second kappa shape index (κ2) is 6.71. The molecule has 0 saturated heterocycles. The Labute approximate surface area is 119 Å². The van der Waals surface area contributed by atoms with E-state index in [1.807, 2.05) is 0 Å². The molecule has 1 fully saturated rings. The molecule has 20 heavy (non-hydrogen) atoms. The minimum atomic E-state index is -4.43. The van der Waals surface area contributed by atoms with Crippen molar-refractivity contribution in [3.63, 3.8) is 0 Å². The number of aliphatic hydroxyl groups is 1. The average molecular weight is 309 g/mol. The van der Waals surface area contributed by atoms with Gasteiger partial charge in [-0.15, -0.1) is 10.2 Å². The van der Waals surface area contributed by atoms with Crippen LogP contribution in [0, 0.1) is 5.92 Å². The van der Waals surface area contributed by atoms with Gasteiger partial charge < -0.3 is 10.4 Å². The summed E-state index contributed by atoms with van der Waals surface area (Å²) in [5, 5.41) is 18.5. The van der Waals surface area contributed by atoms with E-state index in [0.717, 1.165) is 38.5 Å². The molecule has 2 atom stereocenters. The van der Waals surface area contributed by atoms with Crippen LogP contribution >= 0.6 is 11.3 Å². The molecular weight excluding hydrogens is 291 g/mol. The van der Waals surface area contributed by atoms with Crippen molar-refractivity contribution in [2.24, 2.45) is 5.92 Å². The SMILES string of the molecule is OC1CCCCC1CCCNc1nnc(C(F)(F)F)s1. The van der Waals surface area contributed by atoms with Gasteiger partial charge in [0, 0.05) is 6.54 Å². The van der Waals surface area contributed by atoms with Gasteiger partial charge in [0.15, 0.2) is 0 Å². The van der Waals surface area contributed by atoms with Gasteiger partial charge in [0.1, 0.15) is 0 Å². The van der Waals surface area contributed by atoms with E-state index < -0.39 is 11.2 Å². The summed E-state index contributed by atoms with van der Waals surface area (Å²) in [5.41, 5.74) is 0. The zero-order chi connectivity index (χ0) is 14.6. The van der Waals surface area contributed by atoms with Gasteiger partial charge in [-0.25, -0.2) is 0 Å². The fraction of sp³-hybridized carbons (Fsp3) is 0.833. The summed E-state index contributed by atoms with van der Waals surface area (Å²) in [6, 6.07) is 0. The molecule has 0 aromatic carbocycles. The van der Waals surface area contributed by atoms with Gasteiger partial charge in [-0.1, -0.05) is 24.2 Å². The zero-order valence-corrected chi connectivity index (χ0v) is 11.8. The Bertz CT molecular complexity index is 424. The Kier molecular flexibility index (Phi) is 5.20. The number of hydrogen-bond donors (Lipinski definition) is 2. The molecule has 2 rings (SSSR count). The summed E-state index contributed by atoms with van der Waals surface area (Å²) < 4.78 is 37.0. The van der Waals surface area contributed by atoms with Crippen molar-refractivity contribution in [1.82, 2.24) is 10.2 Å². The molecule has 1 aromatic heterocycles. The molecule has 1 aliphatic carbocycles. The molecule has 0 spiro atoms. The molecular formula is C12H18F3N3OS. The van der Waals surface area contributed by atoms with E-state index in [9.17, 15) is 18.3 Å². The number of halogens is 3. The van der Waals surface area contributed by atoms with Gasteiger partial charge in [-0.3, -0.25) is 0 Å². The van der Waals surface area contributed by atoms with Crippen LogP contribution in [0.3, 0.4) is 0 Å². The molecule has 2 unspecified atom stereocenters. The second-order valence-electron chi connectivity index (χ2n) is 5.09. The van der Waals surface area contributed by atoms with Gasteiger partial charge in [-0.05, 0) is 31.6 Å². The van der Waals surface area contributed by atoms with Crippen LogP contribution < -0.4 is 5.32 Å². The smallest absolute Gasteiger partial charge is 0.393 e. The van der Waals surface area contributed by atoms with Crippen molar-refractivity contribution in [3.05, 3.63) is 5.01 Å². The normalized spacial score (nSPS) is 23.8. The molecule has 0 aliphatic heterocycles. The van der Waals surface area contributed by atoms with Crippen LogP contribution in [0.5, 0.6) is 0 Å². The van der Waals surface area contributed by atoms with Crippen LogP contribution in [-0.4, -0.2) is 28.0 Å².